The van der Waals surface area contributed by atoms with Crippen molar-refractivity contribution >= 4 is 11.2 Å². The van der Waals surface area contributed by atoms with Crippen molar-refractivity contribution in [1.82, 2.24) is 9.61 Å². The lowest BCUT2D eigenvalue weighted by Crippen LogP contribution is -2.16. The maximum absolute atomic E-state index is 9.16. The van der Waals surface area contributed by atoms with Gasteiger partial charge in [0.15, 0.2) is 0 Å². The van der Waals surface area contributed by atoms with Crippen LogP contribution in [0.1, 0.15) is 37.3 Å². The predicted octanol–water partition coefficient (Wildman–Crippen LogP) is 2.18. The van der Waals surface area contributed by atoms with Gasteiger partial charge >= 0.3 is 0 Å². The van der Waals surface area contributed by atoms with Crippen LogP contribution < -0.4 is 5.73 Å². The first-order chi connectivity index (χ1) is 8.76. The Labute approximate surface area is 106 Å². The first kappa shape index (κ1) is 11.5. The Bertz CT molecular complexity index is 541. The molecule has 1 aliphatic rings. The van der Waals surface area contributed by atoms with Gasteiger partial charge in [0.1, 0.15) is 0 Å². The molecule has 18 heavy (non-hydrogen) atoms. The van der Waals surface area contributed by atoms with Gasteiger partial charge < -0.3 is 10.8 Å². The highest BCUT2D eigenvalue weighted by Gasteiger charge is 2.23. The van der Waals surface area contributed by atoms with Crippen molar-refractivity contribution < 1.29 is 5.11 Å². The van der Waals surface area contributed by atoms with Crippen LogP contribution in [0.3, 0.4) is 0 Å². The summed E-state index contributed by atoms with van der Waals surface area (Å²) in [6.45, 7) is 0.328. The molecule has 0 aliphatic heterocycles. The summed E-state index contributed by atoms with van der Waals surface area (Å²) in [5.74, 6) is 1.03. The molecule has 3 N–H and O–H groups in total. The number of aliphatic hydroxyl groups is 1. The van der Waals surface area contributed by atoms with Crippen LogP contribution in [-0.4, -0.2) is 21.3 Å². The number of nitrogen functional groups attached to an aromatic ring is 1. The molecule has 4 heteroatoms. The molecule has 0 atom stereocenters. The fraction of sp³-hybridized carbons (Fsp3) is 0.500. The number of pyridine rings is 1. The summed E-state index contributed by atoms with van der Waals surface area (Å²) in [7, 11) is 0. The minimum atomic E-state index is 0.328. The standard InChI is InChI=1S/C14H19N3O/c15-12-5-6-17-13(7-12)8-14(16-17)11-3-1-10(9-18)2-4-11/h5-8,10-11,18H,1-4,9,15H2/t10-,11-. The molecular weight excluding hydrogens is 226 g/mol. The van der Waals surface area contributed by atoms with Gasteiger partial charge in [-0.25, -0.2) is 4.52 Å². The average molecular weight is 245 g/mol. The normalized spacial score (nSPS) is 24.5. The van der Waals surface area contributed by atoms with Crippen LogP contribution in [0.2, 0.25) is 0 Å². The molecule has 3 rings (SSSR count). The number of fused-ring (bicyclic) bond motifs is 1. The van der Waals surface area contributed by atoms with Gasteiger partial charge in [0.05, 0.1) is 11.2 Å². The van der Waals surface area contributed by atoms with Crippen LogP contribution in [-0.2, 0) is 0 Å². The van der Waals surface area contributed by atoms with E-state index >= 15 is 0 Å². The van der Waals surface area contributed by atoms with Gasteiger partial charge in [0, 0.05) is 24.4 Å². The Hall–Kier alpha value is -1.55. The van der Waals surface area contributed by atoms with E-state index in [0.29, 0.717) is 18.4 Å². The highest BCUT2D eigenvalue weighted by Crippen LogP contribution is 2.35. The van der Waals surface area contributed by atoms with Crippen molar-refractivity contribution in [3.8, 4) is 0 Å². The third-order valence-corrected chi connectivity index (χ3v) is 4.03. The lowest BCUT2D eigenvalue weighted by Gasteiger charge is -2.25. The smallest absolute Gasteiger partial charge is 0.0685 e. The molecular formula is C14H19N3O. The fourth-order valence-corrected chi connectivity index (χ4v) is 2.87. The molecule has 1 fully saturated rings. The number of rotatable bonds is 2. The molecule has 0 radical (unpaired) electrons. The highest BCUT2D eigenvalue weighted by molar-refractivity contribution is 5.56. The van der Waals surface area contributed by atoms with E-state index in [-0.39, 0.29) is 0 Å². The molecule has 1 saturated carbocycles. The maximum atomic E-state index is 9.16. The quantitative estimate of drug-likeness (QED) is 0.852. The molecule has 96 valence electrons. The highest BCUT2D eigenvalue weighted by atomic mass is 16.3. The summed E-state index contributed by atoms with van der Waals surface area (Å²) in [4.78, 5) is 0. The molecule has 2 heterocycles. The molecule has 0 amide bonds. The molecule has 0 bridgehead atoms. The van der Waals surface area contributed by atoms with Crippen LogP contribution >= 0.6 is 0 Å². The Kier molecular flexibility index (Phi) is 2.96. The largest absolute Gasteiger partial charge is 0.399 e. The zero-order chi connectivity index (χ0) is 12.5. The van der Waals surface area contributed by atoms with Crippen molar-refractivity contribution in [2.45, 2.75) is 31.6 Å². The third-order valence-electron chi connectivity index (χ3n) is 4.03. The van der Waals surface area contributed by atoms with Crippen molar-refractivity contribution in [3.05, 3.63) is 30.1 Å². The van der Waals surface area contributed by atoms with E-state index in [4.69, 9.17) is 10.8 Å². The number of aliphatic hydroxyl groups excluding tert-OH is 1. The minimum Gasteiger partial charge on any atom is -0.399 e. The van der Waals surface area contributed by atoms with E-state index in [9.17, 15) is 0 Å². The fourth-order valence-electron chi connectivity index (χ4n) is 2.87. The summed E-state index contributed by atoms with van der Waals surface area (Å²) < 4.78 is 1.89. The number of anilines is 1. The van der Waals surface area contributed by atoms with Crippen LogP contribution in [0, 0.1) is 5.92 Å². The number of aromatic nitrogens is 2. The van der Waals surface area contributed by atoms with E-state index in [1.807, 2.05) is 22.8 Å². The number of hydrogen-bond acceptors (Lipinski definition) is 3. The number of hydrogen-bond donors (Lipinski definition) is 2. The molecule has 0 unspecified atom stereocenters. The van der Waals surface area contributed by atoms with E-state index < -0.39 is 0 Å². The zero-order valence-corrected chi connectivity index (χ0v) is 10.4. The lowest BCUT2D eigenvalue weighted by atomic mass is 9.81. The zero-order valence-electron chi connectivity index (χ0n) is 10.4. The Morgan fingerprint density at radius 2 is 2.06 bits per heavy atom. The molecule has 0 spiro atoms. The summed E-state index contributed by atoms with van der Waals surface area (Å²) in [6.07, 6.45) is 6.39. The van der Waals surface area contributed by atoms with Gasteiger partial charge in [0.2, 0.25) is 0 Å². The second-order valence-electron chi connectivity index (χ2n) is 5.30. The van der Waals surface area contributed by atoms with E-state index in [2.05, 4.69) is 11.2 Å². The first-order valence-electron chi connectivity index (χ1n) is 6.62. The summed E-state index contributed by atoms with van der Waals surface area (Å²) in [6, 6.07) is 5.96. The number of nitrogens with two attached hydrogens (primary N) is 1. The molecule has 1 aliphatic carbocycles. The summed E-state index contributed by atoms with van der Waals surface area (Å²) in [5, 5.41) is 13.8. The average Bonchev–Trinajstić information content (AvgIpc) is 2.81. The Morgan fingerprint density at radius 3 is 2.78 bits per heavy atom. The Balaban J connectivity index is 1.82. The van der Waals surface area contributed by atoms with Crippen LogP contribution in [0.4, 0.5) is 5.69 Å². The van der Waals surface area contributed by atoms with Crippen LogP contribution in [0.25, 0.3) is 5.52 Å². The first-order valence-corrected chi connectivity index (χ1v) is 6.62. The topological polar surface area (TPSA) is 63.5 Å². The minimum absolute atomic E-state index is 0.328. The van der Waals surface area contributed by atoms with Gasteiger partial charge in [0.25, 0.3) is 0 Å². The van der Waals surface area contributed by atoms with Gasteiger partial charge in [-0.05, 0) is 49.8 Å². The van der Waals surface area contributed by atoms with Gasteiger partial charge in [-0.1, -0.05) is 0 Å². The summed E-state index contributed by atoms with van der Waals surface area (Å²) in [5.41, 5.74) is 8.78. The van der Waals surface area contributed by atoms with Crippen LogP contribution in [0.15, 0.2) is 24.4 Å². The second-order valence-corrected chi connectivity index (χ2v) is 5.30. The number of nitrogens with zero attached hydrogens (tertiary/aromatic N) is 2. The third kappa shape index (κ3) is 2.08. The monoisotopic (exact) mass is 245 g/mol. The predicted molar refractivity (Wildman–Crippen MR) is 71.4 cm³/mol. The SMILES string of the molecule is Nc1ccn2nc([C@H]3CC[C@H](CO)CC3)cc2c1. The van der Waals surface area contributed by atoms with Crippen LogP contribution in [0.5, 0.6) is 0 Å². The molecule has 2 aromatic heterocycles. The maximum Gasteiger partial charge on any atom is 0.0685 e. The van der Waals surface area contributed by atoms with Crippen molar-refractivity contribution in [2.75, 3.05) is 12.3 Å². The van der Waals surface area contributed by atoms with Crippen molar-refractivity contribution in [2.24, 2.45) is 5.92 Å². The van der Waals surface area contributed by atoms with E-state index in [1.54, 1.807) is 0 Å². The van der Waals surface area contributed by atoms with Crippen molar-refractivity contribution in [1.29, 1.82) is 0 Å². The second kappa shape index (κ2) is 4.61. The van der Waals surface area contributed by atoms with E-state index in [0.717, 1.165) is 42.6 Å². The molecule has 0 saturated heterocycles. The molecule has 2 aromatic rings. The summed E-state index contributed by atoms with van der Waals surface area (Å²) >= 11 is 0. The van der Waals surface area contributed by atoms with E-state index in [1.165, 1.54) is 0 Å². The van der Waals surface area contributed by atoms with Gasteiger partial charge in [-0.2, -0.15) is 5.10 Å². The molecule has 0 aromatic carbocycles. The lowest BCUT2D eigenvalue weighted by molar-refractivity contribution is 0.181. The molecule has 4 nitrogen and oxygen atoms in total. The Morgan fingerprint density at radius 1 is 1.28 bits per heavy atom. The van der Waals surface area contributed by atoms with Gasteiger partial charge in [-0.3, -0.25) is 0 Å². The van der Waals surface area contributed by atoms with Crippen molar-refractivity contribution in [3.63, 3.8) is 0 Å². The van der Waals surface area contributed by atoms with Gasteiger partial charge in [-0.15, -0.1) is 0 Å².